The first-order chi connectivity index (χ1) is 11.7. The van der Waals surface area contributed by atoms with Gasteiger partial charge in [-0.1, -0.05) is 12.2 Å². The normalized spacial score (nSPS) is 24.5. The molecule has 2 atom stereocenters. The maximum Gasteiger partial charge on any atom is 0.226 e. The number of rotatable bonds is 2. The lowest BCUT2D eigenvalue weighted by Crippen LogP contribution is -2.42. The molecule has 0 unspecified atom stereocenters. The van der Waals surface area contributed by atoms with Crippen molar-refractivity contribution in [2.45, 2.75) is 38.0 Å². The highest BCUT2D eigenvalue weighted by atomic mass is 16.2. The maximum atomic E-state index is 12.8. The summed E-state index contributed by atoms with van der Waals surface area (Å²) in [5, 5.41) is 4.66. The first kappa shape index (κ1) is 15.3. The molecule has 2 aromatic heterocycles. The maximum absolute atomic E-state index is 12.8. The Morgan fingerprint density at radius 2 is 2.08 bits per heavy atom. The zero-order chi connectivity index (χ0) is 16.5. The number of carbonyl (C=O) groups excluding carboxylic acids is 1. The molecular formula is C18H23N5O. The number of allylic oxidation sites excluding steroid dienone is 2. The third-order valence-corrected chi connectivity index (χ3v) is 5.22. The zero-order valence-electron chi connectivity index (χ0n) is 14.1. The van der Waals surface area contributed by atoms with Crippen molar-refractivity contribution in [3.63, 3.8) is 0 Å². The molecule has 6 nitrogen and oxygen atoms in total. The molecule has 0 radical (unpaired) electrons. The van der Waals surface area contributed by atoms with Gasteiger partial charge in [0.2, 0.25) is 5.91 Å². The molecule has 24 heavy (non-hydrogen) atoms. The summed E-state index contributed by atoms with van der Waals surface area (Å²) in [5.74, 6) is 0.728. The smallest absolute Gasteiger partial charge is 0.226 e. The quantitative estimate of drug-likeness (QED) is 0.796. The van der Waals surface area contributed by atoms with Gasteiger partial charge in [-0.25, -0.2) is 14.6 Å². The van der Waals surface area contributed by atoms with Gasteiger partial charge in [-0.15, -0.1) is 0 Å². The SMILES string of the molecule is Cn1nc([C@H]2CCCN(C(=O)[C@H]3CC=CCC3)C2)c2nccnc21. The van der Waals surface area contributed by atoms with E-state index in [0.29, 0.717) is 5.91 Å². The Hall–Kier alpha value is -2.24. The van der Waals surface area contributed by atoms with Crippen molar-refractivity contribution in [2.75, 3.05) is 13.1 Å². The predicted octanol–water partition coefficient (Wildman–Crippen LogP) is 2.43. The van der Waals surface area contributed by atoms with Crippen LogP contribution in [0.25, 0.3) is 11.2 Å². The molecule has 1 fully saturated rings. The van der Waals surface area contributed by atoms with Crippen molar-refractivity contribution in [2.24, 2.45) is 13.0 Å². The van der Waals surface area contributed by atoms with Gasteiger partial charge in [0, 0.05) is 44.4 Å². The molecule has 0 aromatic carbocycles. The number of nitrogens with zero attached hydrogens (tertiary/aromatic N) is 5. The number of hydrogen-bond acceptors (Lipinski definition) is 4. The second-order valence-electron chi connectivity index (χ2n) is 6.84. The van der Waals surface area contributed by atoms with E-state index in [9.17, 15) is 4.79 Å². The summed E-state index contributed by atoms with van der Waals surface area (Å²) >= 11 is 0. The van der Waals surface area contributed by atoms with Gasteiger partial charge >= 0.3 is 0 Å². The number of carbonyl (C=O) groups is 1. The Kier molecular flexibility index (Phi) is 4.04. The van der Waals surface area contributed by atoms with Crippen LogP contribution in [-0.4, -0.2) is 43.6 Å². The fourth-order valence-electron chi connectivity index (χ4n) is 3.96. The Bertz CT molecular complexity index is 781. The van der Waals surface area contributed by atoms with Gasteiger partial charge in [0.1, 0.15) is 5.52 Å². The number of hydrogen-bond donors (Lipinski definition) is 0. The van der Waals surface area contributed by atoms with Crippen LogP contribution >= 0.6 is 0 Å². The fourth-order valence-corrected chi connectivity index (χ4v) is 3.96. The van der Waals surface area contributed by atoms with E-state index in [0.717, 1.165) is 62.1 Å². The molecule has 0 bridgehead atoms. The summed E-state index contributed by atoms with van der Waals surface area (Å²) in [6.07, 6.45) is 12.7. The molecule has 0 saturated carbocycles. The molecule has 1 aliphatic heterocycles. The zero-order valence-corrected chi connectivity index (χ0v) is 14.1. The van der Waals surface area contributed by atoms with E-state index in [1.165, 1.54) is 0 Å². The minimum absolute atomic E-state index is 0.161. The van der Waals surface area contributed by atoms with Gasteiger partial charge in [0.25, 0.3) is 0 Å². The third-order valence-electron chi connectivity index (χ3n) is 5.22. The Morgan fingerprint density at radius 1 is 1.21 bits per heavy atom. The average Bonchev–Trinajstić information content (AvgIpc) is 2.99. The van der Waals surface area contributed by atoms with Crippen molar-refractivity contribution < 1.29 is 4.79 Å². The second kappa shape index (κ2) is 6.34. The molecule has 1 aliphatic carbocycles. The average molecular weight is 325 g/mol. The topological polar surface area (TPSA) is 63.9 Å². The van der Waals surface area contributed by atoms with Gasteiger partial charge in [-0.3, -0.25) is 4.79 Å². The lowest BCUT2D eigenvalue weighted by molar-refractivity contribution is -0.137. The van der Waals surface area contributed by atoms with E-state index in [1.54, 1.807) is 17.1 Å². The van der Waals surface area contributed by atoms with Crippen LogP contribution in [0.2, 0.25) is 0 Å². The standard InChI is InChI=1S/C18H23N5O/c1-22-17-16(19-9-10-20-17)15(21-22)14-8-5-11-23(12-14)18(24)13-6-3-2-4-7-13/h2-3,9-10,13-14H,4-8,11-12H2,1H3/t13-,14-/m0/s1. The van der Waals surface area contributed by atoms with Crippen LogP contribution in [0.5, 0.6) is 0 Å². The van der Waals surface area contributed by atoms with Crippen LogP contribution in [0.1, 0.15) is 43.7 Å². The van der Waals surface area contributed by atoms with Gasteiger partial charge in [-0.05, 0) is 32.1 Å². The molecule has 1 saturated heterocycles. The van der Waals surface area contributed by atoms with E-state index in [4.69, 9.17) is 0 Å². The first-order valence-corrected chi connectivity index (χ1v) is 8.81. The highest BCUT2D eigenvalue weighted by Gasteiger charge is 2.31. The van der Waals surface area contributed by atoms with E-state index in [-0.39, 0.29) is 11.8 Å². The Morgan fingerprint density at radius 3 is 2.92 bits per heavy atom. The lowest BCUT2D eigenvalue weighted by Gasteiger charge is -2.34. The Labute approximate surface area is 141 Å². The third kappa shape index (κ3) is 2.70. The highest BCUT2D eigenvalue weighted by molar-refractivity contribution is 5.79. The van der Waals surface area contributed by atoms with Crippen molar-refractivity contribution in [1.82, 2.24) is 24.6 Å². The summed E-state index contributed by atoms with van der Waals surface area (Å²) < 4.78 is 1.80. The molecule has 0 N–H and O–H groups in total. The number of aryl methyl sites for hydroxylation is 1. The molecule has 0 spiro atoms. The highest BCUT2D eigenvalue weighted by Crippen LogP contribution is 2.31. The van der Waals surface area contributed by atoms with Crippen LogP contribution in [0.4, 0.5) is 0 Å². The van der Waals surface area contributed by atoms with Crippen LogP contribution in [0, 0.1) is 5.92 Å². The van der Waals surface area contributed by atoms with E-state index in [2.05, 4.69) is 32.1 Å². The molecule has 126 valence electrons. The largest absolute Gasteiger partial charge is 0.342 e. The molecule has 1 amide bonds. The van der Waals surface area contributed by atoms with Crippen molar-refractivity contribution in [3.8, 4) is 0 Å². The second-order valence-corrected chi connectivity index (χ2v) is 6.84. The summed E-state index contributed by atoms with van der Waals surface area (Å²) in [6.45, 7) is 1.62. The molecular weight excluding hydrogens is 302 g/mol. The van der Waals surface area contributed by atoms with Gasteiger partial charge in [0.15, 0.2) is 5.65 Å². The van der Waals surface area contributed by atoms with Crippen LogP contribution < -0.4 is 0 Å². The summed E-state index contributed by atoms with van der Waals surface area (Å²) in [7, 11) is 1.90. The number of amides is 1. The predicted molar refractivity (Wildman–Crippen MR) is 91.3 cm³/mol. The summed E-state index contributed by atoms with van der Waals surface area (Å²) in [4.78, 5) is 23.7. The van der Waals surface area contributed by atoms with Crippen LogP contribution in [0.15, 0.2) is 24.5 Å². The fraction of sp³-hybridized carbons (Fsp3) is 0.556. The monoisotopic (exact) mass is 325 g/mol. The number of aromatic nitrogens is 4. The van der Waals surface area contributed by atoms with Crippen molar-refractivity contribution >= 4 is 17.1 Å². The molecule has 3 heterocycles. The van der Waals surface area contributed by atoms with Crippen molar-refractivity contribution in [3.05, 3.63) is 30.2 Å². The van der Waals surface area contributed by atoms with Gasteiger partial charge in [0.05, 0.1) is 5.69 Å². The molecule has 2 aromatic rings. The number of piperidine rings is 1. The first-order valence-electron chi connectivity index (χ1n) is 8.81. The van der Waals surface area contributed by atoms with Crippen LogP contribution in [0.3, 0.4) is 0 Å². The van der Waals surface area contributed by atoms with Crippen LogP contribution in [-0.2, 0) is 11.8 Å². The minimum atomic E-state index is 0.161. The van der Waals surface area contributed by atoms with Gasteiger partial charge in [-0.2, -0.15) is 5.10 Å². The van der Waals surface area contributed by atoms with E-state index in [1.807, 2.05) is 7.05 Å². The lowest BCUT2D eigenvalue weighted by atomic mass is 9.90. The minimum Gasteiger partial charge on any atom is -0.342 e. The number of likely N-dealkylation sites (tertiary alicyclic amines) is 1. The summed E-state index contributed by atoms with van der Waals surface area (Å²) in [5.41, 5.74) is 2.68. The Balaban J connectivity index is 1.56. The summed E-state index contributed by atoms with van der Waals surface area (Å²) in [6, 6.07) is 0. The van der Waals surface area contributed by atoms with Crippen molar-refractivity contribution in [1.29, 1.82) is 0 Å². The molecule has 6 heteroatoms. The number of fused-ring (bicyclic) bond motifs is 1. The van der Waals surface area contributed by atoms with E-state index >= 15 is 0 Å². The van der Waals surface area contributed by atoms with E-state index < -0.39 is 0 Å². The molecule has 2 aliphatic rings. The van der Waals surface area contributed by atoms with Gasteiger partial charge < -0.3 is 4.90 Å². The molecule has 4 rings (SSSR count).